The highest BCUT2D eigenvalue weighted by molar-refractivity contribution is 7.09. The molecule has 1 aromatic rings. The summed E-state index contributed by atoms with van der Waals surface area (Å²) in [5.74, 6) is -1.24. The van der Waals surface area contributed by atoms with E-state index in [1.54, 1.807) is 53.7 Å². The van der Waals surface area contributed by atoms with Crippen LogP contribution < -0.4 is 0 Å². The van der Waals surface area contributed by atoms with Crippen molar-refractivity contribution in [3.63, 3.8) is 0 Å². The maximum absolute atomic E-state index is 13.6. The fourth-order valence-electron chi connectivity index (χ4n) is 4.62. The van der Waals surface area contributed by atoms with E-state index >= 15 is 0 Å². The minimum atomic E-state index is -1.29. The Balaban J connectivity index is 2.44. The van der Waals surface area contributed by atoms with Crippen molar-refractivity contribution in [3.05, 3.63) is 75.3 Å². The molecule has 1 aromatic heterocycles. The zero-order chi connectivity index (χ0) is 38.4. The first-order chi connectivity index (χ1) is 23.7. The molecular formula is C39H57N3O8S. The molecule has 11 nitrogen and oxygen atoms in total. The Bertz CT molecular complexity index is 1480. The van der Waals surface area contributed by atoms with Crippen molar-refractivity contribution in [1.82, 2.24) is 14.8 Å². The number of cyclic esters (lactones) is 2. The van der Waals surface area contributed by atoms with Gasteiger partial charge in [-0.25, -0.2) is 24.2 Å². The van der Waals surface area contributed by atoms with Gasteiger partial charge < -0.3 is 23.8 Å². The summed E-state index contributed by atoms with van der Waals surface area (Å²) in [5.41, 5.74) is 1.80. The molecule has 0 fully saturated rings. The smallest absolute Gasteiger partial charge is 0.420 e. The molecule has 2 rings (SSSR count). The lowest BCUT2D eigenvalue weighted by Crippen LogP contribution is -2.52. The molecule has 2 heterocycles. The summed E-state index contributed by atoms with van der Waals surface area (Å²) in [4.78, 5) is 60.9. The number of likely N-dealkylation sites (N-methyl/N-ethyl adjacent to an activating group) is 1. The predicted octanol–water partition coefficient (Wildman–Crippen LogP) is 7.92. The monoisotopic (exact) mass is 727 g/mol. The van der Waals surface area contributed by atoms with Gasteiger partial charge >= 0.3 is 24.1 Å². The number of fused-ring (bicyclic) bond motifs is 2. The van der Waals surface area contributed by atoms with Gasteiger partial charge in [0.05, 0.1) is 17.3 Å². The zero-order valence-corrected chi connectivity index (χ0v) is 33.1. The number of ether oxygens (including phenoxy) is 4. The minimum absolute atomic E-state index is 0.00858. The SMILES string of the molecule is CC(/C=C/C(C)=C/[C@@H]1Cc2nc(cs2)CCC[C@H](N(C(=O)OC(C)(C)C)C(=O)OC(C)(C)C)C(=O)OCC/C(C)=C/C=C\C(=O)O1)=C\CN(C)C. The molecule has 0 saturated carbocycles. The normalized spacial score (nSPS) is 21.1. The van der Waals surface area contributed by atoms with Gasteiger partial charge in [0.15, 0.2) is 0 Å². The molecule has 2 amide bonds. The number of nitrogens with zero attached hydrogens (tertiary/aromatic N) is 3. The average molecular weight is 728 g/mol. The number of hydrogen-bond donors (Lipinski definition) is 0. The van der Waals surface area contributed by atoms with Crippen LogP contribution in [-0.4, -0.2) is 89.5 Å². The van der Waals surface area contributed by atoms with Crippen LogP contribution in [0.4, 0.5) is 9.59 Å². The van der Waals surface area contributed by atoms with Crippen molar-refractivity contribution >= 4 is 35.5 Å². The highest BCUT2D eigenvalue weighted by Gasteiger charge is 2.41. The fourth-order valence-corrected chi connectivity index (χ4v) is 5.50. The fraction of sp³-hybridized carbons (Fsp3) is 0.564. The number of aryl methyl sites for hydroxylation is 1. The number of hydrogen-bond acceptors (Lipinski definition) is 11. The van der Waals surface area contributed by atoms with E-state index in [1.165, 1.54) is 17.4 Å². The van der Waals surface area contributed by atoms with E-state index in [2.05, 4.69) is 11.0 Å². The summed E-state index contributed by atoms with van der Waals surface area (Å²) in [6.45, 7) is 16.7. The Morgan fingerprint density at radius 2 is 1.63 bits per heavy atom. The molecule has 0 spiro atoms. The first-order valence-corrected chi connectivity index (χ1v) is 18.2. The van der Waals surface area contributed by atoms with Gasteiger partial charge in [0.25, 0.3) is 0 Å². The summed E-state index contributed by atoms with van der Waals surface area (Å²) < 4.78 is 22.6. The third-order valence-electron chi connectivity index (χ3n) is 7.11. The minimum Gasteiger partial charge on any atom is -0.464 e. The number of amides is 2. The van der Waals surface area contributed by atoms with E-state index in [0.717, 1.165) is 38.9 Å². The van der Waals surface area contributed by atoms with E-state index in [4.69, 9.17) is 23.9 Å². The van der Waals surface area contributed by atoms with Crippen molar-refractivity contribution in [1.29, 1.82) is 0 Å². The first-order valence-electron chi connectivity index (χ1n) is 17.3. The van der Waals surface area contributed by atoms with Gasteiger partial charge in [0, 0.05) is 30.8 Å². The van der Waals surface area contributed by atoms with Crippen LogP contribution in [-0.2, 0) is 41.4 Å². The number of rotatable bonds is 6. The standard InChI is InChI=1S/C39H57N3O8S/c1-27-14-12-17-34(43)48-31(24-29(3)19-18-28(2)20-22-41(10)11)25-33-40-30(26-51-33)15-13-16-32(35(44)47-23-21-27)42(36(45)49-38(4,5)6)37(46)50-39(7,8)9/h12,14,17-20,24,26,31-32H,13,15-16,21-23,25H2,1-11H3/b17-12-,19-18+,27-14+,28-20+,29-24+/t31-,32+/m1/s1. The first kappa shape index (κ1) is 43.1. The van der Waals surface area contributed by atoms with Crippen LogP contribution in [0, 0.1) is 0 Å². The van der Waals surface area contributed by atoms with Crippen LogP contribution in [0.2, 0.25) is 0 Å². The number of carbonyl (C=O) groups is 4. The lowest BCUT2D eigenvalue weighted by atomic mass is 10.1. The van der Waals surface area contributed by atoms with Gasteiger partial charge in [-0.2, -0.15) is 4.90 Å². The second kappa shape index (κ2) is 20.1. The number of carbonyl (C=O) groups excluding carboxylic acids is 4. The lowest BCUT2D eigenvalue weighted by Gasteiger charge is -2.32. The van der Waals surface area contributed by atoms with Crippen LogP contribution in [0.25, 0.3) is 0 Å². The Morgan fingerprint density at radius 1 is 1.00 bits per heavy atom. The number of aromatic nitrogens is 1. The van der Waals surface area contributed by atoms with Crippen LogP contribution in [0.5, 0.6) is 0 Å². The van der Waals surface area contributed by atoms with Crippen molar-refractivity contribution in [2.45, 2.75) is 118 Å². The van der Waals surface area contributed by atoms with Crippen LogP contribution in [0.15, 0.2) is 64.6 Å². The quantitative estimate of drug-likeness (QED) is 0.162. The molecule has 1 aliphatic rings. The largest absolute Gasteiger partial charge is 0.464 e. The number of esters is 2. The molecule has 0 N–H and O–H groups in total. The highest BCUT2D eigenvalue weighted by atomic mass is 32.1. The number of thiazole rings is 1. The Hall–Kier alpha value is -4.03. The predicted molar refractivity (Wildman–Crippen MR) is 200 cm³/mol. The maximum atomic E-state index is 13.6. The molecule has 1 aliphatic heterocycles. The number of allylic oxidation sites excluding steroid dienone is 6. The summed E-state index contributed by atoms with van der Waals surface area (Å²) in [5, 5.41) is 2.69. The Kier molecular flexibility index (Phi) is 17.0. The molecule has 0 unspecified atom stereocenters. The Labute approximate surface area is 308 Å². The zero-order valence-electron chi connectivity index (χ0n) is 32.2. The van der Waals surface area contributed by atoms with E-state index in [-0.39, 0.29) is 13.0 Å². The van der Waals surface area contributed by atoms with Gasteiger partial charge in [-0.05, 0) is 102 Å². The van der Waals surface area contributed by atoms with Gasteiger partial charge in [-0.15, -0.1) is 11.3 Å². The Morgan fingerprint density at radius 3 is 2.24 bits per heavy atom. The van der Waals surface area contributed by atoms with Crippen LogP contribution in [0.1, 0.15) is 92.3 Å². The molecule has 2 bridgehead atoms. The molecule has 0 aromatic carbocycles. The second-order valence-corrected chi connectivity index (χ2v) is 15.8. The van der Waals surface area contributed by atoms with Crippen molar-refractivity contribution in [2.24, 2.45) is 0 Å². The van der Waals surface area contributed by atoms with Gasteiger partial charge in [-0.3, -0.25) is 0 Å². The van der Waals surface area contributed by atoms with Crippen LogP contribution in [0.3, 0.4) is 0 Å². The summed E-state index contributed by atoms with van der Waals surface area (Å²) in [6, 6.07) is -1.29. The van der Waals surface area contributed by atoms with Gasteiger partial charge in [0.2, 0.25) is 0 Å². The molecule has 51 heavy (non-hydrogen) atoms. The van der Waals surface area contributed by atoms with E-state index in [9.17, 15) is 19.2 Å². The molecule has 0 radical (unpaired) electrons. The highest BCUT2D eigenvalue weighted by Crippen LogP contribution is 2.23. The summed E-state index contributed by atoms with van der Waals surface area (Å²) in [7, 11) is 4.03. The van der Waals surface area contributed by atoms with E-state index < -0.39 is 47.5 Å². The molecule has 2 atom stereocenters. The molecule has 0 saturated heterocycles. The third kappa shape index (κ3) is 17.6. The maximum Gasteiger partial charge on any atom is 0.420 e. The molecular weight excluding hydrogens is 671 g/mol. The molecule has 282 valence electrons. The summed E-state index contributed by atoms with van der Waals surface area (Å²) in [6.07, 6.45) is 11.9. The van der Waals surface area contributed by atoms with Crippen molar-refractivity contribution < 1.29 is 38.1 Å². The van der Waals surface area contributed by atoms with Gasteiger partial charge in [0.1, 0.15) is 23.3 Å². The topological polar surface area (TPSA) is 125 Å². The molecule has 0 aliphatic carbocycles. The van der Waals surface area contributed by atoms with E-state index in [0.29, 0.717) is 25.7 Å². The number of imide groups is 1. The third-order valence-corrected chi connectivity index (χ3v) is 8.03. The van der Waals surface area contributed by atoms with E-state index in [1.807, 2.05) is 58.5 Å². The molecule has 12 heteroatoms. The van der Waals surface area contributed by atoms with Crippen molar-refractivity contribution in [3.8, 4) is 0 Å². The second-order valence-electron chi connectivity index (χ2n) is 14.9. The van der Waals surface area contributed by atoms with Gasteiger partial charge in [-0.1, -0.05) is 47.1 Å². The average Bonchev–Trinajstić information content (AvgIpc) is 3.42. The summed E-state index contributed by atoms with van der Waals surface area (Å²) >= 11 is 1.45. The van der Waals surface area contributed by atoms with Crippen molar-refractivity contribution in [2.75, 3.05) is 27.2 Å². The lowest BCUT2D eigenvalue weighted by molar-refractivity contribution is -0.150. The van der Waals surface area contributed by atoms with Crippen LogP contribution >= 0.6 is 11.3 Å².